The molecule has 4 heteroatoms. The Balaban J connectivity index is 1.84. The molecule has 0 N–H and O–H groups in total. The van der Waals surface area contributed by atoms with E-state index in [1.165, 1.54) is 44.9 Å². The third kappa shape index (κ3) is 14.0. The lowest BCUT2D eigenvalue weighted by Crippen LogP contribution is -2.25. The Bertz CT molecular complexity index is 454. The van der Waals surface area contributed by atoms with Gasteiger partial charge in [0.15, 0.2) is 5.79 Å². The molecule has 0 aromatic rings. The first kappa shape index (κ1) is 24.9. The van der Waals surface area contributed by atoms with Crippen molar-refractivity contribution in [3.63, 3.8) is 0 Å². The summed E-state index contributed by atoms with van der Waals surface area (Å²) in [6, 6.07) is 0. The van der Waals surface area contributed by atoms with Crippen LogP contribution in [0.3, 0.4) is 0 Å². The van der Waals surface area contributed by atoms with E-state index in [1.54, 1.807) is 0 Å². The minimum atomic E-state index is -0.558. The molecule has 1 unspecified atom stereocenters. The number of hydrogen-bond acceptors (Lipinski definition) is 4. The van der Waals surface area contributed by atoms with Crippen LogP contribution in [0.25, 0.3) is 0 Å². The van der Waals surface area contributed by atoms with E-state index < -0.39 is 5.79 Å². The van der Waals surface area contributed by atoms with E-state index in [0.717, 1.165) is 25.7 Å². The van der Waals surface area contributed by atoms with Crippen LogP contribution in [0.1, 0.15) is 97.8 Å². The minimum Gasteiger partial charge on any atom is -0.463 e. The van der Waals surface area contributed by atoms with Crippen molar-refractivity contribution in [2.45, 2.75) is 110 Å². The van der Waals surface area contributed by atoms with E-state index in [4.69, 9.17) is 14.2 Å². The lowest BCUT2D eigenvalue weighted by molar-refractivity contribution is -0.158. The second-order valence-corrected chi connectivity index (χ2v) is 8.11. The average molecular weight is 395 g/mol. The Morgan fingerprint density at radius 2 is 1.61 bits per heavy atom. The first-order valence-electron chi connectivity index (χ1n) is 11.3. The SMILES string of the molecule is CCCCC/C=C/C/C=C/CCCCCCCC(=O)OCC1COC(C)(C)O1. The summed E-state index contributed by atoms with van der Waals surface area (Å²) in [6.07, 6.45) is 22.5. The first-order valence-corrected chi connectivity index (χ1v) is 11.3. The van der Waals surface area contributed by atoms with Gasteiger partial charge in [-0.2, -0.15) is 0 Å². The number of esters is 1. The molecule has 1 heterocycles. The summed E-state index contributed by atoms with van der Waals surface area (Å²) >= 11 is 0. The molecule has 4 nitrogen and oxygen atoms in total. The smallest absolute Gasteiger partial charge is 0.305 e. The van der Waals surface area contributed by atoms with Crippen LogP contribution in [0.2, 0.25) is 0 Å². The molecule has 1 atom stereocenters. The molecule has 0 spiro atoms. The fraction of sp³-hybridized carbons (Fsp3) is 0.792. The molecule has 1 saturated heterocycles. The quantitative estimate of drug-likeness (QED) is 0.170. The van der Waals surface area contributed by atoms with Gasteiger partial charge < -0.3 is 14.2 Å². The molecule has 0 saturated carbocycles. The highest BCUT2D eigenvalue weighted by Gasteiger charge is 2.33. The predicted molar refractivity (Wildman–Crippen MR) is 115 cm³/mol. The van der Waals surface area contributed by atoms with Crippen molar-refractivity contribution < 1.29 is 19.0 Å². The molecule has 0 aromatic carbocycles. The van der Waals surface area contributed by atoms with Gasteiger partial charge in [0.1, 0.15) is 12.7 Å². The summed E-state index contributed by atoms with van der Waals surface area (Å²) in [5, 5.41) is 0. The van der Waals surface area contributed by atoms with E-state index in [-0.39, 0.29) is 12.1 Å². The second kappa shape index (κ2) is 15.8. The molecule has 0 amide bonds. The molecule has 162 valence electrons. The fourth-order valence-electron chi connectivity index (χ4n) is 3.18. The maximum absolute atomic E-state index is 11.8. The third-order valence-corrected chi connectivity index (χ3v) is 4.83. The van der Waals surface area contributed by atoms with Crippen molar-refractivity contribution >= 4 is 5.97 Å². The van der Waals surface area contributed by atoms with Crippen molar-refractivity contribution in [1.82, 2.24) is 0 Å². The summed E-state index contributed by atoms with van der Waals surface area (Å²) in [5.41, 5.74) is 0. The number of carbonyl (C=O) groups is 1. The van der Waals surface area contributed by atoms with Crippen LogP contribution in [0.4, 0.5) is 0 Å². The third-order valence-electron chi connectivity index (χ3n) is 4.83. The highest BCUT2D eigenvalue weighted by atomic mass is 16.7. The van der Waals surface area contributed by atoms with E-state index in [0.29, 0.717) is 19.6 Å². The molecule has 0 aromatic heterocycles. The van der Waals surface area contributed by atoms with Gasteiger partial charge in [-0.05, 0) is 52.4 Å². The van der Waals surface area contributed by atoms with Crippen LogP contribution in [-0.2, 0) is 19.0 Å². The van der Waals surface area contributed by atoms with Crippen LogP contribution >= 0.6 is 0 Å². The maximum Gasteiger partial charge on any atom is 0.305 e. The molecule has 1 fully saturated rings. The van der Waals surface area contributed by atoms with E-state index in [1.807, 2.05) is 13.8 Å². The zero-order chi connectivity index (χ0) is 20.5. The Morgan fingerprint density at radius 3 is 2.25 bits per heavy atom. The van der Waals surface area contributed by atoms with Gasteiger partial charge in [0, 0.05) is 6.42 Å². The summed E-state index contributed by atoms with van der Waals surface area (Å²) < 4.78 is 16.4. The first-order chi connectivity index (χ1) is 13.5. The second-order valence-electron chi connectivity index (χ2n) is 8.11. The normalized spacial score (nSPS) is 19.0. The zero-order valence-corrected chi connectivity index (χ0v) is 18.4. The van der Waals surface area contributed by atoms with Gasteiger partial charge in [-0.3, -0.25) is 4.79 Å². The van der Waals surface area contributed by atoms with Gasteiger partial charge in [-0.1, -0.05) is 63.3 Å². The molecule has 1 rings (SSSR count). The van der Waals surface area contributed by atoms with Crippen LogP contribution in [0.15, 0.2) is 24.3 Å². The van der Waals surface area contributed by atoms with Crippen LogP contribution < -0.4 is 0 Å². The highest BCUT2D eigenvalue weighted by molar-refractivity contribution is 5.69. The molecule has 28 heavy (non-hydrogen) atoms. The van der Waals surface area contributed by atoms with E-state index >= 15 is 0 Å². The maximum atomic E-state index is 11.8. The fourth-order valence-corrected chi connectivity index (χ4v) is 3.18. The van der Waals surface area contributed by atoms with Gasteiger partial charge in [0.05, 0.1) is 6.61 Å². The molecule has 1 aliphatic heterocycles. The number of ether oxygens (including phenoxy) is 3. The number of carbonyl (C=O) groups excluding carboxylic acids is 1. The average Bonchev–Trinajstić information content (AvgIpc) is 3.02. The van der Waals surface area contributed by atoms with Crippen LogP contribution in [0.5, 0.6) is 0 Å². The van der Waals surface area contributed by atoms with Crippen LogP contribution in [0, 0.1) is 0 Å². The molecular weight excluding hydrogens is 352 g/mol. The zero-order valence-electron chi connectivity index (χ0n) is 18.4. The number of unbranched alkanes of at least 4 members (excludes halogenated alkanes) is 8. The van der Waals surface area contributed by atoms with Gasteiger partial charge in [-0.15, -0.1) is 0 Å². The van der Waals surface area contributed by atoms with Crippen LogP contribution in [-0.4, -0.2) is 31.1 Å². The summed E-state index contributed by atoms with van der Waals surface area (Å²) in [5.74, 6) is -0.684. The summed E-state index contributed by atoms with van der Waals surface area (Å²) in [6.45, 7) is 6.77. The van der Waals surface area contributed by atoms with E-state index in [9.17, 15) is 4.79 Å². The van der Waals surface area contributed by atoms with Gasteiger partial charge in [-0.25, -0.2) is 0 Å². The van der Waals surface area contributed by atoms with Crippen molar-refractivity contribution in [2.24, 2.45) is 0 Å². The van der Waals surface area contributed by atoms with Crippen molar-refractivity contribution in [3.05, 3.63) is 24.3 Å². The standard InChI is InChI=1S/C24H42O4/c1-4-5-6-7-8-9-10-11-12-13-14-15-16-17-18-19-23(25)26-20-22-21-27-24(2,3)28-22/h8-9,11-12,22H,4-7,10,13-21H2,1-3H3/b9-8+,12-11+. The molecule has 0 bridgehead atoms. The van der Waals surface area contributed by atoms with Crippen molar-refractivity contribution in [2.75, 3.05) is 13.2 Å². The van der Waals surface area contributed by atoms with Gasteiger partial charge >= 0.3 is 5.97 Å². The number of allylic oxidation sites excluding steroid dienone is 4. The molecule has 0 aliphatic carbocycles. The van der Waals surface area contributed by atoms with Gasteiger partial charge in [0.2, 0.25) is 0 Å². The number of hydrogen-bond donors (Lipinski definition) is 0. The molecular formula is C24H42O4. The Labute approximate surface area is 172 Å². The Morgan fingerprint density at radius 1 is 0.964 bits per heavy atom. The van der Waals surface area contributed by atoms with Gasteiger partial charge in [0.25, 0.3) is 0 Å². The lowest BCUT2D eigenvalue weighted by atomic mass is 10.1. The minimum absolute atomic E-state index is 0.126. The van der Waals surface area contributed by atoms with E-state index in [2.05, 4.69) is 31.2 Å². The number of rotatable bonds is 16. The molecule has 1 aliphatic rings. The lowest BCUT2D eigenvalue weighted by Gasteiger charge is -2.16. The Kier molecular flexibility index (Phi) is 14.0. The molecule has 0 radical (unpaired) electrons. The van der Waals surface area contributed by atoms with Crippen molar-refractivity contribution in [1.29, 1.82) is 0 Å². The monoisotopic (exact) mass is 394 g/mol. The summed E-state index contributed by atoms with van der Waals surface area (Å²) in [4.78, 5) is 11.8. The Hall–Kier alpha value is -1.13. The predicted octanol–water partition coefficient (Wildman–Crippen LogP) is 6.49. The highest BCUT2D eigenvalue weighted by Crippen LogP contribution is 2.22. The topological polar surface area (TPSA) is 44.8 Å². The summed E-state index contributed by atoms with van der Waals surface area (Å²) in [7, 11) is 0. The van der Waals surface area contributed by atoms with Crippen molar-refractivity contribution in [3.8, 4) is 0 Å². The largest absolute Gasteiger partial charge is 0.463 e.